The number of esters is 1. The third-order valence-electron chi connectivity index (χ3n) is 2.97. The standard InChI is InChI=1S/C14H16BrNO4/c1-9(20-14(18)12-3-2-8-19-12)13(17)16-11-6-4-10(15)5-7-11/h4-7,9,12H,2-3,8H2,1H3,(H,16,17)/t9-,12+/m0/s1. The number of hydrogen-bond acceptors (Lipinski definition) is 4. The van der Waals surface area contributed by atoms with Gasteiger partial charge in [0.05, 0.1) is 0 Å². The molecule has 6 heteroatoms. The summed E-state index contributed by atoms with van der Waals surface area (Å²) in [6.45, 7) is 2.11. The van der Waals surface area contributed by atoms with Crippen molar-refractivity contribution in [3.8, 4) is 0 Å². The summed E-state index contributed by atoms with van der Waals surface area (Å²) in [7, 11) is 0. The van der Waals surface area contributed by atoms with Gasteiger partial charge in [0.1, 0.15) is 0 Å². The third-order valence-corrected chi connectivity index (χ3v) is 3.50. The molecular formula is C14H16BrNO4. The Bertz CT molecular complexity index is 482. The summed E-state index contributed by atoms with van der Waals surface area (Å²) in [5, 5.41) is 2.69. The van der Waals surface area contributed by atoms with Crippen molar-refractivity contribution in [2.24, 2.45) is 0 Å². The lowest BCUT2D eigenvalue weighted by Crippen LogP contribution is -2.33. The van der Waals surface area contributed by atoms with Crippen molar-refractivity contribution in [2.75, 3.05) is 11.9 Å². The fourth-order valence-electron chi connectivity index (χ4n) is 1.84. The minimum Gasteiger partial charge on any atom is -0.451 e. The molecule has 1 aliphatic rings. The molecule has 0 unspecified atom stereocenters. The van der Waals surface area contributed by atoms with E-state index in [9.17, 15) is 9.59 Å². The third kappa shape index (κ3) is 4.05. The second-order valence-corrected chi connectivity index (χ2v) is 5.49. The largest absolute Gasteiger partial charge is 0.451 e. The van der Waals surface area contributed by atoms with Gasteiger partial charge in [-0.3, -0.25) is 4.79 Å². The van der Waals surface area contributed by atoms with E-state index in [1.54, 1.807) is 19.1 Å². The van der Waals surface area contributed by atoms with Crippen LogP contribution in [-0.4, -0.2) is 30.7 Å². The molecule has 0 bridgehead atoms. The van der Waals surface area contributed by atoms with E-state index in [-0.39, 0.29) is 5.91 Å². The predicted molar refractivity (Wildman–Crippen MR) is 77.3 cm³/mol. The van der Waals surface area contributed by atoms with Crippen molar-refractivity contribution in [3.05, 3.63) is 28.7 Å². The molecule has 2 rings (SSSR count). The van der Waals surface area contributed by atoms with Crippen molar-refractivity contribution in [3.63, 3.8) is 0 Å². The second kappa shape index (κ2) is 6.85. The Hall–Kier alpha value is -1.40. The maximum Gasteiger partial charge on any atom is 0.336 e. The highest BCUT2D eigenvalue weighted by atomic mass is 79.9. The topological polar surface area (TPSA) is 64.6 Å². The lowest BCUT2D eigenvalue weighted by Gasteiger charge is -2.15. The molecule has 0 radical (unpaired) electrons. The van der Waals surface area contributed by atoms with Gasteiger partial charge in [-0.2, -0.15) is 0 Å². The summed E-state index contributed by atoms with van der Waals surface area (Å²) in [5.74, 6) is -0.834. The molecule has 5 nitrogen and oxygen atoms in total. The van der Waals surface area contributed by atoms with Crippen molar-refractivity contribution >= 4 is 33.5 Å². The summed E-state index contributed by atoms with van der Waals surface area (Å²) in [6.07, 6.45) is 0.118. The van der Waals surface area contributed by atoms with Crippen LogP contribution in [0.4, 0.5) is 5.69 Å². The summed E-state index contributed by atoms with van der Waals surface area (Å²) in [6, 6.07) is 7.16. The molecule has 1 aromatic rings. The Morgan fingerprint density at radius 1 is 1.40 bits per heavy atom. The number of anilines is 1. The van der Waals surface area contributed by atoms with Gasteiger partial charge in [-0.25, -0.2) is 4.79 Å². The van der Waals surface area contributed by atoms with Crippen LogP contribution in [0.15, 0.2) is 28.7 Å². The summed E-state index contributed by atoms with van der Waals surface area (Å²) in [4.78, 5) is 23.6. The normalized spacial score (nSPS) is 19.4. The lowest BCUT2D eigenvalue weighted by atomic mass is 10.2. The van der Waals surface area contributed by atoms with E-state index in [1.807, 2.05) is 12.1 Å². The fraction of sp³-hybridized carbons (Fsp3) is 0.429. The molecule has 1 saturated heterocycles. The first-order valence-electron chi connectivity index (χ1n) is 6.45. The Morgan fingerprint density at radius 3 is 2.70 bits per heavy atom. The SMILES string of the molecule is C[C@H](OC(=O)[C@H]1CCCO1)C(=O)Nc1ccc(Br)cc1. The monoisotopic (exact) mass is 341 g/mol. The van der Waals surface area contributed by atoms with Gasteiger partial charge >= 0.3 is 5.97 Å². The summed E-state index contributed by atoms with van der Waals surface area (Å²) < 4.78 is 11.2. The van der Waals surface area contributed by atoms with Crippen LogP contribution in [-0.2, 0) is 19.1 Å². The van der Waals surface area contributed by atoms with Crippen molar-refractivity contribution in [1.29, 1.82) is 0 Å². The maximum atomic E-state index is 11.9. The first kappa shape index (κ1) is 15.0. The number of benzene rings is 1. The zero-order chi connectivity index (χ0) is 14.5. The predicted octanol–water partition coefficient (Wildman–Crippen LogP) is 2.50. The minimum absolute atomic E-state index is 0.362. The highest BCUT2D eigenvalue weighted by molar-refractivity contribution is 9.10. The molecule has 1 amide bonds. The number of amides is 1. The van der Waals surface area contributed by atoms with E-state index in [2.05, 4.69) is 21.2 Å². The van der Waals surface area contributed by atoms with E-state index in [1.165, 1.54) is 0 Å². The highest BCUT2D eigenvalue weighted by Gasteiger charge is 2.28. The van der Waals surface area contributed by atoms with E-state index in [0.29, 0.717) is 18.7 Å². The first-order valence-corrected chi connectivity index (χ1v) is 7.24. The second-order valence-electron chi connectivity index (χ2n) is 4.58. The molecule has 0 spiro atoms. The average molecular weight is 342 g/mol. The summed E-state index contributed by atoms with van der Waals surface area (Å²) in [5.41, 5.74) is 0.651. The summed E-state index contributed by atoms with van der Waals surface area (Å²) >= 11 is 3.32. The molecule has 0 saturated carbocycles. The Labute approximate surface area is 125 Å². The number of nitrogens with one attached hydrogen (secondary N) is 1. The van der Waals surface area contributed by atoms with Crippen LogP contribution in [0.2, 0.25) is 0 Å². The fourth-order valence-corrected chi connectivity index (χ4v) is 2.11. The zero-order valence-corrected chi connectivity index (χ0v) is 12.7. The number of halogens is 1. The van der Waals surface area contributed by atoms with Crippen LogP contribution in [0.3, 0.4) is 0 Å². The van der Waals surface area contributed by atoms with Crippen molar-refractivity contribution < 1.29 is 19.1 Å². The van der Waals surface area contributed by atoms with Gasteiger partial charge < -0.3 is 14.8 Å². The Morgan fingerprint density at radius 2 is 2.10 bits per heavy atom. The van der Waals surface area contributed by atoms with Crippen LogP contribution >= 0.6 is 15.9 Å². The first-order chi connectivity index (χ1) is 9.56. The smallest absolute Gasteiger partial charge is 0.336 e. The van der Waals surface area contributed by atoms with Crippen LogP contribution in [0.1, 0.15) is 19.8 Å². The van der Waals surface area contributed by atoms with Crippen LogP contribution in [0.25, 0.3) is 0 Å². The number of rotatable bonds is 4. The molecule has 108 valence electrons. The molecular weight excluding hydrogens is 326 g/mol. The van der Waals surface area contributed by atoms with Gasteiger partial charge in [-0.05, 0) is 44.0 Å². The molecule has 0 aliphatic carbocycles. The average Bonchev–Trinajstić information content (AvgIpc) is 2.95. The van der Waals surface area contributed by atoms with E-state index in [0.717, 1.165) is 10.9 Å². The van der Waals surface area contributed by atoms with Gasteiger partial charge in [-0.15, -0.1) is 0 Å². The van der Waals surface area contributed by atoms with Gasteiger partial charge in [-0.1, -0.05) is 15.9 Å². The Balaban J connectivity index is 1.85. The van der Waals surface area contributed by atoms with Crippen LogP contribution < -0.4 is 5.32 Å². The van der Waals surface area contributed by atoms with Crippen molar-refractivity contribution in [2.45, 2.75) is 32.0 Å². The number of ether oxygens (including phenoxy) is 2. The number of hydrogen-bond donors (Lipinski definition) is 1. The molecule has 1 N–H and O–H groups in total. The van der Waals surface area contributed by atoms with Crippen LogP contribution in [0, 0.1) is 0 Å². The van der Waals surface area contributed by atoms with Crippen molar-refractivity contribution in [1.82, 2.24) is 0 Å². The van der Waals surface area contributed by atoms with Gasteiger partial charge in [0.25, 0.3) is 5.91 Å². The van der Waals surface area contributed by atoms with Gasteiger partial charge in [0.2, 0.25) is 0 Å². The molecule has 1 heterocycles. The number of carbonyl (C=O) groups excluding carboxylic acids is 2. The molecule has 2 atom stereocenters. The van der Waals surface area contributed by atoms with Gasteiger partial charge in [0, 0.05) is 16.8 Å². The van der Waals surface area contributed by atoms with Gasteiger partial charge in [0.15, 0.2) is 12.2 Å². The van der Waals surface area contributed by atoms with Crippen LogP contribution in [0.5, 0.6) is 0 Å². The zero-order valence-electron chi connectivity index (χ0n) is 11.1. The van der Waals surface area contributed by atoms with E-state index >= 15 is 0 Å². The molecule has 1 aliphatic heterocycles. The van der Waals surface area contributed by atoms with E-state index in [4.69, 9.17) is 9.47 Å². The molecule has 20 heavy (non-hydrogen) atoms. The van der Waals surface area contributed by atoms with E-state index < -0.39 is 18.2 Å². The lowest BCUT2D eigenvalue weighted by molar-refractivity contribution is -0.162. The minimum atomic E-state index is -0.852. The molecule has 0 aromatic heterocycles. The maximum absolute atomic E-state index is 11.9. The molecule has 1 fully saturated rings. The highest BCUT2D eigenvalue weighted by Crippen LogP contribution is 2.16. The Kier molecular flexibility index (Phi) is 5.14. The number of carbonyl (C=O) groups is 2. The molecule has 1 aromatic carbocycles. The quantitative estimate of drug-likeness (QED) is 0.854.